The van der Waals surface area contributed by atoms with Crippen molar-refractivity contribution in [3.8, 4) is 0 Å². The number of carbonyl (C=O) groups is 1. The van der Waals surface area contributed by atoms with Crippen LogP contribution in [0.25, 0.3) is 0 Å². The third kappa shape index (κ3) is 4.33. The van der Waals surface area contributed by atoms with E-state index in [1.807, 2.05) is 0 Å². The van der Waals surface area contributed by atoms with E-state index in [2.05, 4.69) is 0 Å². The van der Waals surface area contributed by atoms with Crippen molar-refractivity contribution < 1.29 is 23.1 Å². The fourth-order valence-corrected chi connectivity index (χ4v) is 2.55. The summed E-state index contributed by atoms with van der Waals surface area (Å²) in [4.78, 5) is 12.9. The zero-order valence-electron chi connectivity index (χ0n) is 11.2. The van der Waals surface area contributed by atoms with Gasteiger partial charge in [-0.15, -0.1) is 11.8 Å². The van der Waals surface area contributed by atoms with Crippen molar-refractivity contribution >= 4 is 23.4 Å². The number of benzene rings is 1. The Hall–Kier alpha value is -1.37. The van der Waals surface area contributed by atoms with Crippen LogP contribution in [0.2, 0.25) is 0 Å². The SMILES string of the molecule is CCCN(CC(F)(F)F)c1cccc(SC)c1C(=O)O. The van der Waals surface area contributed by atoms with Gasteiger partial charge in [-0.1, -0.05) is 13.0 Å². The summed E-state index contributed by atoms with van der Waals surface area (Å²) in [7, 11) is 0. The molecule has 0 saturated carbocycles. The van der Waals surface area contributed by atoms with Crippen LogP contribution >= 0.6 is 11.8 Å². The quantitative estimate of drug-likeness (QED) is 0.810. The highest BCUT2D eigenvalue weighted by Crippen LogP contribution is 2.31. The molecule has 0 atom stereocenters. The van der Waals surface area contributed by atoms with Crippen molar-refractivity contribution in [1.82, 2.24) is 0 Å². The number of aromatic carboxylic acids is 1. The molecule has 0 saturated heterocycles. The van der Waals surface area contributed by atoms with Crippen LogP contribution in [-0.2, 0) is 0 Å². The fourth-order valence-electron chi connectivity index (χ4n) is 1.94. The van der Waals surface area contributed by atoms with Crippen LogP contribution in [0.15, 0.2) is 23.1 Å². The molecule has 1 N–H and O–H groups in total. The highest BCUT2D eigenvalue weighted by molar-refractivity contribution is 7.98. The van der Waals surface area contributed by atoms with Gasteiger partial charge in [-0.3, -0.25) is 0 Å². The summed E-state index contributed by atoms with van der Waals surface area (Å²) in [6.07, 6.45) is -2.18. The Bertz CT molecular complexity index is 477. The van der Waals surface area contributed by atoms with E-state index in [0.717, 1.165) is 4.90 Å². The van der Waals surface area contributed by atoms with Crippen LogP contribution in [0.5, 0.6) is 0 Å². The van der Waals surface area contributed by atoms with Crippen molar-refractivity contribution in [3.05, 3.63) is 23.8 Å². The van der Waals surface area contributed by atoms with Gasteiger partial charge in [-0.2, -0.15) is 13.2 Å². The molecule has 0 unspecified atom stereocenters. The lowest BCUT2D eigenvalue weighted by Crippen LogP contribution is -2.35. The number of thioether (sulfide) groups is 1. The third-order valence-corrected chi connectivity index (χ3v) is 3.42. The van der Waals surface area contributed by atoms with Gasteiger partial charge in [-0.05, 0) is 24.8 Å². The molecule has 0 aliphatic heterocycles. The monoisotopic (exact) mass is 307 g/mol. The number of carboxylic acids is 1. The van der Waals surface area contributed by atoms with Crippen LogP contribution in [-0.4, -0.2) is 36.6 Å². The molecule has 1 aromatic rings. The summed E-state index contributed by atoms with van der Waals surface area (Å²) in [5, 5.41) is 9.27. The first-order valence-corrected chi connectivity index (χ1v) is 7.24. The van der Waals surface area contributed by atoms with Crippen molar-refractivity contribution in [3.63, 3.8) is 0 Å². The van der Waals surface area contributed by atoms with E-state index < -0.39 is 18.7 Å². The first-order valence-electron chi connectivity index (χ1n) is 6.02. The van der Waals surface area contributed by atoms with E-state index in [9.17, 15) is 23.1 Å². The molecule has 0 aromatic heterocycles. The Labute approximate surface area is 119 Å². The maximum absolute atomic E-state index is 12.6. The molecular weight excluding hydrogens is 291 g/mol. The van der Waals surface area contributed by atoms with E-state index in [4.69, 9.17) is 0 Å². The maximum Gasteiger partial charge on any atom is 0.405 e. The molecule has 3 nitrogen and oxygen atoms in total. The van der Waals surface area contributed by atoms with Gasteiger partial charge < -0.3 is 10.0 Å². The number of nitrogens with zero attached hydrogens (tertiary/aromatic N) is 1. The number of hydrogen-bond donors (Lipinski definition) is 1. The van der Waals surface area contributed by atoms with Crippen molar-refractivity contribution in [2.45, 2.75) is 24.4 Å². The minimum absolute atomic E-state index is 0.0716. The van der Waals surface area contributed by atoms with Crippen molar-refractivity contribution in [2.75, 3.05) is 24.2 Å². The summed E-state index contributed by atoms with van der Waals surface area (Å²) < 4.78 is 37.9. The van der Waals surface area contributed by atoms with Gasteiger partial charge in [0.15, 0.2) is 0 Å². The number of hydrogen-bond acceptors (Lipinski definition) is 3. The highest BCUT2D eigenvalue weighted by Gasteiger charge is 2.32. The molecule has 1 rings (SSSR count). The van der Waals surface area contributed by atoms with Crippen LogP contribution in [0.4, 0.5) is 18.9 Å². The van der Waals surface area contributed by atoms with E-state index in [1.54, 1.807) is 25.3 Å². The topological polar surface area (TPSA) is 40.5 Å². The summed E-state index contributed by atoms with van der Waals surface area (Å²) in [5.41, 5.74) is 0.0428. The molecule has 0 bridgehead atoms. The normalized spacial score (nSPS) is 11.4. The second kappa shape index (κ2) is 6.88. The van der Waals surface area contributed by atoms with Gasteiger partial charge in [0, 0.05) is 11.4 Å². The minimum atomic E-state index is -4.37. The standard InChI is InChI=1S/C13H16F3NO2S/c1-3-7-17(8-13(14,15)16)9-5-4-6-10(20-2)11(9)12(18)19/h4-6H,3,7-8H2,1-2H3,(H,18,19). The second-order valence-corrected chi connectivity index (χ2v) is 5.04. The number of carboxylic acid groups (broad SMARTS) is 1. The Morgan fingerprint density at radius 2 is 2.05 bits per heavy atom. The minimum Gasteiger partial charge on any atom is -0.478 e. The maximum atomic E-state index is 12.6. The average Bonchev–Trinajstić information content (AvgIpc) is 2.35. The summed E-state index contributed by atoms with van der Waals surface area (Å²) >= 11 is 1.20. The predicted octanol–water partition coefficient (Wildman–Crippen LogP) is 3.89. The molecule has 7 heteroatoms. The summed E-state index contributed by atoms with van der Waals surface area (Å²) in [6.45, 7) is 0.749. The van der Waals surface area contributed by atoms with E-state index >= 15 is 0 Å². The zero-order valence-corrected chi connectivity index (χ0v) is 12.0. The summed E-state index contributed by atoms with van der Waals surface area (Å²) in [6, 6.07) is 4.59. The molecule has 0 amide bonds. The number of anilines is 1. The first kappa shape index (κ1) is 16.7. The smallest absolute Gasteiger partial charge is 0.405 e. The van der Waals surface area contributed by atoms with E-state index in [-0.39, 0.29) is 17.8 Å². The van der Waals surface area contributed by atoms with Gasteiger partial charge in [-0.25, -0.2) is 4.79 Å². The van der Waals surface area contributed by atoms with Crippen LogP contribution in [0.1, 0.15) is 23.7 Å². The number of alkyl halides is 3. The molecular formula is C13H16F3NO2S. The largest absolute Gasteiger partial charge is 0.478 e. The highest BCUT2D eigenvalue weighted by atomic mass is 32.2. The predicted molar refractivity (Wildman–Crippen MR) is 73.7 cm³/mol. The molecule has 0 aliphatic carbocycles. The van der Waals surface area contributed by atoms with Gasteiger partial charge in [0.05, 0.1) is 11.3 Å². The van der Waals surface area contributed by atoms with Gasteiger partial charge in [0.1, 0.15) is 6.54 Å². The van der Waals surface area contributed by atoms with Crippen LogP contribution < -0.4 is 4.90 Å². The Morgan fingerprint density at radius 1 is 1.40 bits per heavy atom. The van der Waals surface area contributed by atoms with E-state index in [1.165, 1.54) is 17.8 Å². The number of halogens is 3. The first-order chi connectivity index (χ1) is 9.30. The zero-order chi connectivity index (χ0) is 15.3. The van der Waals surface area contributed by atoms with Crippen molar-refractivity contribution in [2.24, 2.45) is 0 Å². The van der Waals surface area contributed by atoms with Crippen LogP contribution in [0.3, 0.4) is 0 Å². The average molecular weight is 307 g/mol. The fraction of sp³-hybridized carbons (Fsp3) is 0.462. The van der Waals surface area contributed by atoms with Gasteiger partial charge >= 0.3 is 12.1 Å². The van der Waals surface area contributed by atoms with Crippen molar-refractivity contribution in [1.29, 1.82) is 0 Å². The molecule has 0 fully saturated rings. The van der Waals surface area contributed by atoms with Crippen LogP contribution in [0, 0.1) is 0 Å². The second-order valence-electron chi connectivity index (χ2n) is 4.20. The third-order valence-electron chi connectivity index (χ3n) is 2.64. The molecule has 0 aliphatic rings. The van der Waals surface area contributed by atoms with Gasteiger partial charge in [0.25, 0.3) is 0 Å². The molecule has 20 heavy (non-hydrogen) atoms. The molecule has 0 spiro atoms. The lowest BCUT2D eigenvalue weighted by molar-refractivity contribution is -0.119. The number of rotatable bonds is 6. The lowest BCUT2D eigenvalue weighted by Gasteiger charge is -2.27. The Morgan fingerprint density at radius 3 is 2.50 bits per heavy atom. The summed E-state index contributed by atoms with van der Waals surface area (Å²) in [5.74, 6) is -1.21. The molecule has 0 heterocycles. The molecule has 112 valence electrons. The Kier molecular flexibility index (Phi) is 5.74. The molecule has 1 aromatic carbocycles. The van der Waals surface area contributed by atoms with E-state index in [0.29, 0.717) is 11.3 Å². The lowest BCUT2D eigenvalue weighted by atomic mass is 10.1. The molecule has 0 radical (unpaired) electrons. The van der Waals surface area contributed by atoms with Gasteiger partial charge in [0.2, 0.25) is 0 Å². The Balaban J connectivity index is 3.28.